The minimum atomic E-state index is -0.520. The SMILES string of the molecule is CCOC(=O)c1noc(C2C(C)C2C)n1. The van der Waals surface area contributed by atoms with E-state index in [-0.39, 0.29) is 5.82 Å². The molecule has 0 spiro atoms. The van der Waals surface area contributed by atoms with Gasteiger partial charge in [-0.1, -0.05) is 13.8 Å². The zero-order valence-corrected chi connectivity index (χ0v) is 9.06. The number of rotatable bonds is 3. The molecule has 2 atom stereocenters. The lowest BCUT2D eigenvalue weighted by Gasteiger charge is -1.93. The Morgan fingerprint density at radius 2 is 2.13 bits per heavy atom. The number of hydrogen-bond acceptors (Lipinski definition) is 5. The van der Waals surface area contributed by atoms with E-state index in [0.717, 1.165) is 0 Å². The Morgan fingerprint density at radius 3 is 2.67 bits per heavy atom. The Morgan fingerprint density at radius 1 is 1.47 bits per heavy atom. The quantitative estimate of drug-likeness (QED) is 0.709. The number of nitrogens with zero attached hydrogens (tertiary/aromatic N) is 2. The van der Waals surface area contributed by atoms with E-state index < -0.39 is 5.97 Å². The molecule has 0 N–H and O–H groups in total. The van der Waals surface area contributed by atoms with Gasteiger partial charge in [0.25, 0.3) is 5.82 Å². The second-order valence-corrected chi connectivity index (χ2v) is 3.92. The van der Waals surface area contributed by atoms with Crippen molar-refractivity contribution in [1.29, 1.82) is 0 Å². The summed E-state index contributed by atoms with van der Waals surface area (Å²) < 4.78 is 9.81. The fourth-order valence-corrected chi connectivity index (χ4v) is 1.76. The zero-order chi connectivity index (χ0) is 11.0. The molecule has 1 aliphatic carbocycles. The Hall–Kier alpha value is -1.39. The number of carbonyl (C=O) groups is 1. The third kappa shape index (κ3) is 1.73. The average molecular weight is 210 g/mol. The summed E-state index contributed by atoms with van der Waals surface area (Å²) in [5.74, 6) is 1.48. The van der Waals surface area contributed by atoms with E-state index in [2.05, 4.69) is 24.0 Å². The van der Waals surface area contributed by atoms with E-state index >= 15 is 0 Å². The van der Waals surface area contributed by atoms with Gasteiger partial charge in [-0.15, -0.1) is 0 Å². The Balaban J connectivity index is 2.08. The van der Waals surface area contributed by atoms with Crippen LogP contribution in [0.4, 0.5) is 0 Å². The van der Waals surface area contributed by atoms with E-state index in [1.54, 1.807) is 6.92 Å². The van der Waals surface area contributed by atoms with Crippen LogP contribution in [-0.2, 0) is 4.74 Å². The molecule has 2 rings (SSSR count). The summed E-state index contributed by atoms with van der Waals surface area (Å²) in [6, 6.07) is 0. The molecule has 0 saturated heterocycles. The first kappa shape index (κ1) is 10.1. The molecule has 1 aliphatic rings. The zero-order valence-electron chi connectivity index (χ0n) is 9.06. The van der Waals surface area contributed by atoms with E-state index in [4.69, 9.17) is 9.26 Å². The van der Waals surface area contributed by atoms with Gasteiger partial charge in [0.15, 0.2) is 0 Å². The number of aromatic nitrogens is 2. The van der Waals surface area contributed by atoms with E-state index in [0.29, 0.717) is 30.3 Å². The van der Waals surface area contributed by atoms with Crippen molar-refractivity contribution in [1.82, 2.24) is 10.1 Å². The predicted molar refractivity (Wildman–Crippen MR) is 51.3 cm³/mol. The van der Waals surface area contributed by atoms with Gasteiger partial charge in [0.1, 0.15) is 0 Å². The molecule has 1 heterocycles. The smallest absolute Gasteiger partial charge is 0.379 e. The van der Waals surface area contributed by atoms with Gasteiger partial charge in [-0.3, -0.25) is 0 Å². The van der Waals surface area contributed by atoms with Crippen LogP contribution in [0.25, 0.3) is 0 Å². The maximum atomic E-state index is 11.3. The lowest BCUT2D eigenvalue weighted by atomic mass is 10.3. The summed E-state index contributed by atoms with van der Waals surface area (Å²) in [5, 5.41) is 3.60. The van der Waals surface area contributed by atoms with Crippen LogP contribution in [-0.4, -0.2) is 22.7 Å². The van der Waals surface area contributed by atoms with Crippen molar-refractivity contribution >= 4 is 5.97 Å². The first-order chi connectivity index (χ1) is 7.15. The van der Waals surface area contributed by atoms with Gasteiger partial charge < -0.3 is 9.26 Å². The number of hydrogen-bond donors (Lipinski definition) is 0. The highest BCUT2D eigenvalue weighted by Crippen LogP contribution is 2.52. The Labute approximate surface area is 87.8 Å². The third-order valence-electron chi connectivity index (χ3n) is 3.01. The second-order valence-electron chi connectivity index (χ2n) is 3.92. The second kappa shape index (κ2) is 3.64. The van der Waals surface area contributed by atoms with E-state index in [1.807, 2.05) is 0 Å². The summed E-state index contributed by atoms with van der Waals surface area (Å²) in [7, 11) is 0. The van der Waals surface area contributed by atoms with Gasteiger partial charge in [-0.2, -0.15) is 4.98 Å². The predicted octanol–water partition coefficient (Wildman–Crippen LogP) is 1.62. The molecular formula is C10H14N2O3. The van der Waals surface area contributed by atoms with Crippen LogP contribution in [0.3, 0.4) is 0 Å². The van der Waals surface area contributed by atoms with Crippen LogP contribution in [0.5, 0.6) is 0 Å². The molecule has 15 heavy (non-hydrogen) atoms. The monoisotopic (exact) mass is 210 g/mol. The molecule has 2 unspecified atom stereocenters. The van der Waals surface area contributed by atoms with Gasteiger partial charge in [0.2, 0.25) is 5.89 Å². The molecule has 1 aromatic rings. The van der Waals surface area contributed by atoms with Crippen molar-refractivity contribution in [3.8, 4) is 0 Å². The Kier molecular flexibility index (Phi) is 2.46. The minimum Gasteiger partial charge on any atom is -0.460 e. The lowest BCUT2D eigenvalue weighted by molar-refractivity contribution is 0.0508. The van der Waals surface area contributed by atoms with Crippen molar-refractivity contribution in [2.45, 2.75) is 26.7 Å². The molecule has 1 saturated carbocycles. The average Bonchev–Trinajstić information content (AvgIpc) is 2.69. The van der Waals surface area contributed by atoms with Crippen molar-refractivity contribution in [3.63, 3.8) is 0 Å². The molecule has 1 aromatic heterocycles. The minimum absolute atomic E-state index is 0.0261. The third-order valence-corrected chi connectivity index (χ3v) is 3.01. The first-order valence-electron chi connectivity index (χ1n) is 5.15. The van der Waals surface area contributed by atoms with Crippen molar-refractivity contribution in [3.05, 3.63) is 11.7 Å². The van der Waals surface area contributed by atoms with Crippen molar-refractivity contribution in [2.75, 3.05) is 6.61 Å². The molecule has 0 amide bonds. The molecule has 82 valence electrons. The molecule has 0 aliphatic heterocycles. The van der Waals surface area contributed by atoms with Crippen LogP contribution in [0.15, 0.2) is 4.52 Å². The molecule has 0 bridgehead atoms. The summed E-state index contributed by atoms with van der Waals surface area (Å²) in [5.41, 5.74) is 0. The number of ether oxygens (including phenoxy) is 1. The van der Waals surface area contributed by atoms with Crippen LogP contribution in [0.1, 0.15) is 43.2 Å². The standard InChI is InChI=1S/C10H14N2O3/c1-4-14-10(13)8-11-9(15-12-8)7-5(2)6(7)3/h5-7H,4H2,1-3H3. The summed E-state index contributed by atoms with van der Waals surface area (Å²) in [6.07, 6.45) is 0. The fraction of sp³-hybridized carbons (Fsp3) is 0.700. The van der Waals surface area contributed by atoms with Crippen LogP contribution >= 0.6 is 0 Å². The molecular weight excluding hydrogens is 196 g/mol. The topological polar surface area (TPSA) is 65.2 Å². The van der Waals surface area contributed by atoms with Gasteiger partial charge in [-0.05, 0) is 23.9 Å². The van der Waals surface area contributed by atoms with Gasteiger partial charge in [-0.25, -0.2) is 4.79 Å². The van der Waals surface area contributed by atoms with Crippen LogP contribution in [0, 0.1) is 11.8 Å². The van der Waals surface area contributed by atoms with Crippen molar-refractivity contribution in [2.24, 2.45) is 11.8 Å². The van der Waals surface area contributed by atoms with Crippen molar-refractivity contribution < 1.29 is 14.1 Å². The molecule has 0 aromatic carbocycles. The number of carbonyl (C=O) groups excluding carboxylic acids is 1. The summed E-state index contributed by atoms with van der Waals surface area (Å²) >= 11 is 0. The first-order valence-corrected chi connectivity index (χ1v) is 5.15. The molecule has 1 fully saturated rings. The van der Waals surface area contributed by atoms with Crippen LogP contribution in [0.2, 0.25) is 0 Å². The largest absolute Gasteiger partial charge is 0.460 e. The van der Waals surface area contributed by atoms with Crippen LogP contribution < -0.4 is 0 Å². The molecule has 0 radical (unpaired) electrons. The van der Waals surface area contributed by atoms with E-state index in [1.165, 1.54) is 0 Å². The Bertz CT molecular complexity index is 366. The van der Waals surface area contributed by atoms with Gasteiger partial charge in [0.05, 0.1) is 6.61 Å². The lowest BCUT2D eigenvalue weighted by Crippen LogP contribution is -2.06. The summed E-state index contributed by atoms with van der Waals surface area (Å²) in [4.78, 5) is 15.3. The normalized spacial score (nSPS) is 28.9. The fourth-order valence-electron chi connectivity index (χ4n) is 1.76. The summed E-state index contributed by atoms with van der Waals surface area (Å²) in [6.45, 7) is 6.32. The molecule has 5 heteroatoms. The van der Waals surface area contributed by atoms with E-state index in [9.17, 15) is 4.79 Å². The maximum Gasteiger partial charge on any atom is 0.379 e. The highest BCUT2D eigenvalue weighted by atomic mass is 16.5. The van der Waals surface area contributed by atoms with Gasteiger partial charge in [0, 0.05) is 5.92 Å². The van der Waals surface area contributed by atoms with Gasteiger partial charge >= 0.3 is 5.97 Å². The highest BCUT2D eigenvalue weighted by molar-refractivity contribution is 5.84. The molecule has 5 nitrogen and oxygen atoms in total. The highest BCUT2D eigenvalue weighted by Gasteiger charge is 2.48. The maximum absolute atomic E-state index is 11.3. The number of esters is 1.